The zero-order valence-corrected chi connectivity index (χ0v) is 10.6. The van der Waals surface area contributed by atoms with Gasteiger partial charge in [0.1, 0.15) is 17.8 Å². The first kappa shape index (κ1) is 15.8. The molecule has 6 nitrogen and oxygen atoms in total. The SMILES string of the molecule is C=C1N=C(N)C=CN1C1O[C@H](CO)[C@H](O)C1(F)F.Cl. The van der Waals surface area contributed by atoms with Gasteiger partial charge in [0.2, 0.25) is 6.23 Å². The topological polar surface area (TPSA) is 91.3 Å². The summed E-state index contributed by atoms with van der Waals surface area (Å²) in [6, 6.07) is 0. The Labute approximate surface area is 114 Å². The Morgan fingerprint density at radius 1 is 1.58 bits per heavy atom. The van der Waals surface area contributed by atoms with E-state index in [-0.39, 0.29) is 24.1 Å². The number of aliphatic hydroxyl groups excluding tert-OH is 2. The van der Waals surface area contributed by atoms with E-state index in [9.17, 15) is 13.9 Å². The number of rotatable bonds is 2. The van der Waals surface area contributed by atoms with Gasteiger partial charge >= 0.3 is 5.92 Å². The zero-order valence-electron chi connectivity index (χ0n) is 9.74. The quantitative estimate of drug-likeness (QED) is 0.655. The van der Waals surface area contributed by atoms with Crippen LogP contribution in [0.2, 0.25) is 0 Å². The van der Waals surface area contributed by atoms with Crippen LogP contribution in [0.4, 0.5) is 8.78 Å². The van der Waals surface area contributed by atoms with E-state index < -0.39 is 31.0 Å². The summed E-state index contributed by atoms with van der Waals surface area (Å²) in [6.07, 6.45) is -2.65. The van der Waals surface area contributed by atoms with Crippen molar-refractivity contribution in [3.8, 4) is 0 Å². The molecule has 0 aliphatic carbocycles. The van der Waals surface area contributed by atoms with E-state index in [1.54, 1.807) is 0 Å². The molecule has 0 saturated carbocycles. The molecule has 2 aliphatic heterocycles. The molecule has 1 fully saturated rings. The summed E-state index contributed by atoms with van der Waals surface area (Å²) in [5.41, 5.74) is 5.39. The molecule has 0 aromatic rings. The number of hydrogen-bond donors (Lipinski definition) is 3. The lowest BCUT2D eigenvalue weighted by Gasteiger charge is -2.31. The van der Waals surface area contributed by atoms with Crippen molar-refractivity contribution >= 4 is 18.2 Å². The number of nitrogens with zero attached hydrogens (tertiary/aromatic N) is 2. The Morgan fingerprint density at radius 2 is 2.21 bits per heavy atom. The van der Waals surface area contributed by atoms with Crippen LogP contribution in [-0.4, -0.2) is 51.9 Å². The maximum absolute atomic E-state index is 13.8. The minimum Gasteiger partial charge on any atom is -0.394 e. The highest BCUT2D eigenvalue weighted by atomic mass is 35.5. The van der Waals surface area contributed by atoms with Gasteiger partial charge in [0.15, 0.2) is 6.10 Å². The first-order valence-corrected chi connectivity index (χ1v) is 5.19. The lowest BCUT2D eigenvalue weighted by atomic mass is 10.1. The van der Waals surface area contributed by atoms with Crippen molar-refractivity contribution in [1.29, 1.82) is 0 Å². The van der Waals surface area contributed by atoms with Crippen LogP contribution < -0.4 is 5.73 Å². The second-order valence-electron chi connectivity index (χ2n) is 4.00. The molecule has 0 spiro atoms. The summed E-state index contributed by atoms with van der Waals surface area (Å²) in [4.78, 5) is 4.70. The monoisotopic (exact) mass is 297 g/mol. The van der Waals surface area contributed by atoms with Crippen molar-refractivity contribution < 1.29 is 23.7 Å². The molecular weight excluding hydrogens is 284 g/mol. The summed E-state index contributed by atoms with van der Waals surface area (Å²) in [7, 11) is 0. The molecule has 0 bridgehead atoms. The summed E-state index contributed by atoms with van der Waals surface area (Å²) in [5.74, 6) is -3.44. The van der Waals surface area contributed by atoms with Crippen LogP contribution in [0.25, 0.3) is 0 Å². The Hall–Kier alpha value is -1.22. The number of aliphatic imine (C=N–C) groups is 1. The molecule has 0 amide bonds. The van der Waals surface area contributed by atoms with E-state index in [2.05, 4.69) is 11.6 Å². The molecule has 1 unspecified atom stereocenters. The van der Waals surface area contributed by atoms with Crippen molar-refractivity contribution in [3.63, 3.8) is 0 Å². The Kier molecular flexibility index (Phi) is 4.51. The number of hydrogen-bond acceptors (Lipinski definition) is 6. The molecule has 9 heteroatoms. The van der Waals surface area contributed by atoms with Gasteiger partial charge in [0.25, 0.3) is 0 Å². The Bertz CT molecular complexity index is 430. The van der Waals surface area contributed by atoms with Crippen LogP contribution in [0.1, 0.15) is 0 Å². The number of ether oxygens (including phenoxy) is 1. The molecule has 0 aromatic carbocycles. The van der Waals surface area contributed by atoms with Crippen LogP contribution in [0, 0.1) is 0 Å². The predicted molar refractivity (Wildman–Crippen MR) is 65.7 cm³/mol. The van der Waals surface area contributed by atoms with Gasteiger partial charge < -0.3 is 25.6 Å². The van der Waals surface area contributed by atoms with Gasteiger partial charge in [-0.2, -0.15) is 8.78 Å². The third-order valence-electron chi connectivity index (χ3n) is 2.77. The number of amidine groups is 1. The summed E-state index contributed by atoms with van der Waals surface area (Å²) in [5, 5.41) is 18.2. The Morgan fingerprint density at radius 3 is 2.68 bits per heavy atom. The molecule has 0 aromatic heterocycles. The fourth-order valence-electron chi connectivity index (χ4n) is 1.82. The van der Waals surface area contributed by atoms with E-state index >= 15 is 0 Å². The average Bonchev–Trinajstić information content (AvgIpc) is 2.52. The fourth-order valence-corrected chi connectivity index (χ4v) is 1.82. The second-order valence-corrected chi connectivity index (χ2v) is 4.00. The van der Waals surface area contributed by atoms with Crippen LogP contribution in [-0.2, 0) is 4.74 Å². The molecule has 3 atom stereocenters. The Balaban J connectivity index is 0.00000180. The van der Waals surface area contributed by atoms with Crippen LogP contribution in [0.3, 0.4) is 0 Å². The molecule has 108 valence electrons. The standard InChI is InChI=1S/C10H13F2N3O3.ClH/c1-5-14-7(13)2-3-15(5)9-10(11,12)8(17)6(4-16)18-9;/h2-3,6,8-9,16-17H,1,4H2,(H2,13,14);1H/t6-,8+,9?;/m1./s1. The normalized spacial score (nSPS) is 33.1. The minimum atomic E-state index is -3.55. The van der Waals surface area contributed by atoms with Crippen LogP contribution >= 0.6 is 12.4 Å². The first-order chi connectivity index (χ1) is 8.37. The largest absolute Gasteiger partial charge is 0.394 e. The molecule has 19 heavy (non-hydrogen) atoms. The lowest BCUT2D eigenvalue weighted by Crippen LogP contribution is -2.47. The van der Waals surface area contributed by atoms with E-state index in [0.29, 0.717) is 0 Å². The highest BCUT2D eigenvalue weighted by Crippen LogP contribution is 2.39. The number of alkyl halides is 2. The second kappa shape index (κ2) is 5.41. The predicted octanol–water partition coefficient (Wildman–Crippen LogP) is -0.221. The third-order valence-corrected chi connectivity index (χ3v) is 2.77. The molecule has 0 radical (unpaired) electrons. The van der Waals surface area contributed by atoms with Crippen molar-refractivity contribution in [2.24, 2.45) is 10.7 Å². The molecule has 1 saturated heterocycles. The van der Waals surface area contributed by atoms with Gasteiger partial charge in [-0.3, -0.25) is 0 Å². The van der Waals surface area contributed by atoms with E-state index in [4.69, 9.17) is 15.6 Å². The van der Waals surface area contributed by atoms with Gasteiger partial charge in [-0.15, -0.1) is 12.4 Å². The first-order valence-electron chi connectivity index (χ1n) is 5.19. The fraction of sp³-hybridized carbons (Fsp3) is 0.500. The molecular formula is C10H14ClF2N3O3. The van der Waals surface area contributed by atoms with E-state index in [0.717, 1.165) is 4.90 Å². The van der Waals surface area contributed by atoms with E-state index in [1.165, 1.54) is 12.3 Å². The van der Waals surface area contributed by atoms with Crippen molar-refractivity contribution in [2.75, 3.05) is 6.61 Å². The van der Waals surface area contributed by atoms with Gasteiger partial charge in [-0.1, -0.05) is 6.58 Å². The molecule has 2 heterocycles. The van der Waals surface area contributed by atoms with Crippen LogP contribution in [0.5, 0.6) is 0 Å². The highest BCUT2D eigenvalue weighted by molar-refractivity contribution is 5.92. The number of aliphatic hydroxyl groups is 2. The zero-order chi connectivity index (χ0) is 13.5. The summed E-state index contributed by atoms with van der Waals surface area (Å²) < 4.78 is 32.6. The highest BCUT2D eigenvalue weighted by Gasteiger charge is 2.60. The maximum atomic E-state index is 13.8. The summed E-state index contributed by atoms with van der Waals surface area (Å²) in [6.45, 7) is 2.78. The van der Waals surface area contributed by atoms with E-state index in [1.807, 2.05) is 0 Å². The number of nitrogens with two attached hydrogens (primary N) is 1. The molecule has 2 aliphatic rings. The van der Waals surface area contributed by atoms with Crippen molar-refractivity contribution in [3.05, 3.63) is 24.7 Å². The number of halogens is 3. The average molecular weight is 298 g/mol. The van der Waals surface area contributed by atoms with Gasteiger partial charge in [0.05, 0.1) is 6.61 Å². The van der Waals surface area contributed by atoms with Gasteiger partial charge in [0, 0.05) is 6.20 Å². The van der Waals surface area contributed by atoms with Crippen molar-refractivity contribution in [1.82, 2.24) is 4.90 Å². The molecule has 4 N–H and O–H groups in total. The lowest BCUT2D eigenvalue weighted by molar-refractivity contribution is -0.148. The van der Waals surface area contributed by atoms with Gasteiger partial charge in [-0.25, -0.2) is 4.99 Å². The molecule has 2 rings (SSSR count). The summed E-state index contributed by atoms with van der Waals surface area (Å²) >= 11 is 0. The van der Waals surface area contributed by atoms with Crippen LogP contribution in [0.15, 0.2) is 29.7 Å². The maximum Gasteiger partial charge on any atom is 0.320 e. The smallest absolute Gasteiger partial charge is 0.320 e. The van der Waals surface area contributed by atoms with Crippen molar-refractivity contribution in [2.45, 2.75) is 24.4 Å². The van der Waals surface area contributed by atoms with Gasteiger partial charge in [-0.05, 0) is 6.08 Å². The minimum absolute atomic E-state index is 0. The third kappa shape index (κ3) is 2.57.